The van der Waals surface area contributed by atoms with Crippen LogP contribution in [-0.2, 0) is 4.74 Å². The zero-order valence-corrected chi connectivity index (χ0v) is 18.7. The Labute approximate surface area is 177 Å². The summed E-state index contributed by atoms with van der Waals surface area (Å²) in [7, 11) is 3.48. The second-order valence-corrected chi connectivity index (χ2v) is 7.89. The molecular formula is C23H40N4O2. The number of hydrogen-bond acceptors (Lipinski definition) is 4. The first-order valence-electron chi connectivity index (χ1n) is 11.0. The molecule has 0 amide bonds. The minimum atomic E-state index is 0.493. The maximum absolute atomic E-state index is 5.24. The van der Waals surface area contributed by atoms with Crippen molar-refractivity contribution < 1.29 is 9.47 Å². The first kappa shape index (κ1) is 23.5. The molecule has 1 aromatic carbocycles. The minimum absolute atomic E-state index is 0.493. The molecule has 1 atom stereocenters. The zero-order valence-electron chi connectivity index (χ0n) is 18.7. The van der Waals surface area contributed by atoms with Gasteiger partial charge in [0.05, 0.1) is 13.7 Å². The molecule has 0 radical (unpaired) electrons. The standard InChI is InChI=1S/C23H40N4O2/c1-5-24-23(26-18-20-11-14-27(15-12-20)16-17-28-3)25-13-10-19(2)21-6-8-22(29-4)9-7-21/h6-9,19-20H,5,10-18H2,1-4H3,(H2,24,25,26). The van der Waals surface area contributed by atoms with Crippen molar-refractivity contribution in [3.63, 3.8) is 0 Å². The van der Waals surface area contributed by atoms with E-state index < -0.39 is 0 Å². The van der Waals surface area contributed by atoms with Crippen molar-refractivity contribution in [1.29, 1.82) is 0 Å². The number of methoxy groups -OCH3 is 2. The van der Waals surface area contributed by atoms with Gasteiger partial charge in [0.25, 0.3) is 0 Å². The highest BCUT2D eigenvalue weighted by Crippen LogP contribution is 2.21. The summed E-state index contributed by atoms with van der Waals surface area (Å²) in [6.07, 6.45) is 3.51. The van der Waals surface area contributed by atoms with Crippen molar-refractivity contribution >= 4 is 5.96 Å². The number of nitrogens with one attached hydrogen (secondary N) is 2. The summed E-state index contributed by atoms with van der Waals surface area (Å²) in [4.78, 5) is 7.35. The predicted molar refractivity (Wildman–Crippen MR) is 121 cm³/mol. The molecule has 0 spiro atoms. The first-order chi connectivity index (χ1) is 14.2. The van der Waals surface area contributed by atoms with Crippen LogP contribution >= 0.6 is 0 Å². The Kier molecular flexibility index (Phi) is 10.9. The summed E-state index contributed by atoms with van der Waals surface area (Å²) in [6, 6.07) is 8.38. The van der Waals surface area contributed by atoms with Crippen LogP contribution in [0.1, 0.15) is 44.6 Å². The van der Waals surface area contributed by atoms with Gasteiger partial charge in [-0.3, -0.25) is 4.99 Å². The molecule has 0 aliphatic carbocycles. The highest BCUT2D eigenvalue weighted by Gasteiger charge is 2.18. The van der Waals surface area contributed by atoms with Gasteiger partial charge in [-0.1, -0.05) is 19.1 Å². The molecule has 2 rings (SSSR count). The van der Waals surface area contributed by atoms with Gasteiger partial charge in [-0.2, -0.15) is 0 Å². The van der Waals surface area contributed by atoms with E-state index in [1.54, 1.807) is 14.2 Å². The van der Waals surface area contributed by atoms with Crippen molar-refractivity contribution in [2.24, 2.45) is 10.9 Å². The first-order valence-corrected chi connectivity index (χ1v) is 11.0. The van der Waals surface area contributed by atoms with Crippen LogP contribution in [0.15, 0.2) is 29.3 Å². The lowest BCUT2D eigenvalue weighted by Crippen LogP contribution is -2.39. The van der Waals surface area contributed by atoms with Crippen molar-refractivity contribution in [3.8, 4) is 5.75 Å². The van der Waals surface area contributed by atoms with Gasteiger partial charge in [0.1, 0.15) is 5.75 Å². The van der Waals surface area contributed by atoms with Crippen LogP contribution < -0.4 is 15.4 Å². The summed E-state index contributed by atoms with van der Waals surface area (Å²) in [6.45, 7) is 11.3. The number of likely N-dealkylation sites (tertiary alicyclic amines) is 1. The van der Waals surface area contributed by atoms with Crippen LogP contribution in [0.5, 0.6) is 5.75 Å². The average molecular weight is 405 g/mol. The van der Waals surface area contributed by atoms with E-state index in [4.69, 9.17) is 14.5 Å². The summed E-state index contributed by atoms with van der Waals surface area (Å²) >= 11 is 0. The third kappa shape index (κ3) is 8.62. The number of hydrogen-bond donors (Lipinski definition) is 2. The largest absolute Gasteiger partial charge is 0.497 e. The van der Waals surface area contributed by atoms with E-state index in [9.17, 15) is 0 Å². The number of nitrogens with zero attached hydrogens (tertiary/aromatic N) is 2. The topological polar surface area (TPSA) is 58.1 Å². The van der Waals surface area contributed by atoms with Gasteiger partial charge in [-0.05, 0) is 68.8 Å². The highest BCUT2D eigenvalue weighted by molar-refractivity contribution is 5.79. The van der Waals surface area contributed by atoms with E-state index in [-0.39, 0.29) is 0 Å². The Bertz CT molecular complexity index is 583. The van der Waals surface area contributed by atoms with Crippen molar-refractivity contribution in [2.45, 2.75) is 39.0 Å². The van der Waals surface area contributed by atoms with Crippen LogP contribution in [0.25, 0.3) is 0 Å². The fourth-order valence-electron chi connectivity index (χ4n) is 3.68. The van der Waals surface area contributed by atoms with Gasteiger partial charge in [-0.25, -0.2) is 0 Å². The van der Waals surface area contributed by atoms with Crippen LogP contribution in [0.2, 0.25) is 0 Å². The number of benzene rings is 1. The van der Waals surface area contributed by atoms with Crippen molar-refractivity contribution in [1.82, 2.24) is 15.5 Å². The van der Waals surface area contributed by atoms with Crippen LogP contribution in [0, 0.1) is 5.92 Å². The number of ether oxygens (including phenoxy) is 2. The zero-order chi connectivity index (χ0) is 20.9. The molecule has 29 heavy (non-hydrogen) atoms. The maximum Gasteiger partial charge on any atom is 0.191 e. The fraction of sp³-hybridized carbons (Fsp3) is 0.696. The van der Waals surface area contributed by atoms with Gasteiger partial charge in [-0.15, -0.1) is 0 Å². The quantitative estimate of drug-likeness (QED) is 0.438. The molecule has 1 aliphatic rings. The van der Waals surface area contributed by atoms with Gasteiger partial charge in [0.2, 0.25) is 0 Å². The highest BCUT2D eigenvalue weighted by atomic mass is 16.5. The molecular weight excluding hydrogens is 364 g/mol. The molecule has 164 valence electrons. The molecule has 1 aliphatic heterocycles. The Hall–Kier alpha value is -1.79. The number of guanidine groups is 1. The van der Waals surface area contributed by atoms with Gasteiger partial charge < -0.3 is 25.0 Å². The van der Waals surface area contributed by atoms with E-state index in [0.29, 0.717) is 11.8 Å². The molecule has 6 heteroatoms. The maximum atomic E-state index is 5.24. The van der Waals surface area contributed by atoms with E-state index >= 15 is 0 Å². The lowest BCUT2D eigenvalue weighted by atomic mass is 9.97. The SMILES string of the molecule is CCNC(=NCC1CCN(CCOC)CC1)NCCC(C)c1ccc(OC)cc1. The lowest BCUT2D eigenvalue weighted by Gasteiger charge is -2.31. The summed E-state index contributed by atoms with van der Waals surface area (Å²) < 4.78 is 10.4. The predicted octanol–water partition coefficient (Wildman–Crippen LogP) is 3.10. The lowest BCUT2D eigenvalue weighted by molar-refractivity contribution is 0.121. The monoisotopic (exact) mass is 404 g/mol. The minimum Gasteiger partial charge on any atom is -0.497 e. The third-order valence-electron chi connectivity index (χ3n) is 5.73. The molecule has 1 saturated heterocycles. The Morgan fingerprint density at radius 3 is 2.52 bits per heavy atom. The normalized spacial score (nSPS) is 17.2. The van der Waals surface area contributed by atoms with Crippen LogP contribution in [0.3, 0.4) is 0 Å². The number of aliphatic imine (C=N–C) groups is 1. The molecule has 0 saturated carbocycles. The fourth-order valence-corrected chi connectivity index (χ4v) is 3.68. The molecule has 6 nitrogen and oxygen atoms in total. The van der Waals surface area contributed by atoms with Gasteiger partial charge in [0.15, 0.2) is 5.96 Å². The molecule has 2 N–H and O–H groups in total. The summed E-state index contributed by atoms with van der Waals surface area (Å²) in [5, 5.41) is 6.89. The van der Waals surface area contributed by atoms with E-state index in [2.05, 4.69) is 41.5 Å². The third-order valence-corrected chi connectivity index (χ3v) is 5.73. The summed E-state index contributed by atoms with van der Waals surface area (Å²) in [5.41, 5.74) is 1.34. The molecule has 0 bridgehead atoms. The second kappa shape index (κ2) is 13.4. The Morgan fingerprint density at radius 2 is 1.90 bits per heavy atom. The molecule has 1 fully saturated rings. The van der Waals surface area contributed by atoms with Gasteiger partial charge in [0, 0.05) is 33.3 Å². The summed E-state index contributed by atoms with van der Waals surface area (Å²) in [5.74, 6) is 3.02. The Balaban J connectivity index is 1.73. The van der Waals surface area contributed by atoms with Crippen molar-refractivity contribution in [2.75, 3.05) is 60.1 Å². The molecule has 0 aromatic heterocycles. The Morgan fingerprint density at radius 1 is 1.17 bits per heavy atom. The van der Waals surface area contributed by atoms with E-state index in [1.807, 2.05) is 12.1 Å². The van der Waals surface area contributed by atoms with Crippen LogP contribution in [-0.4, -0.2) is 71.0 Å². The van der Waals surface area contributed by atoms with E-state index in [1.165, 1.54) is 18.4 Å². The average Bonchev–Trinajstić information content (AvgIpc) is 2.76. The number of piperidine rings is 1. The van der Waals surface area contributed by atoms with Gasteiger partial charge >= 0.3 is 0 Å². The molecule has 1 aromatic rings. The van der Waals surface area contributed by atoms with E-state index in [0.717, 1.165) is 64.0 Å². The second-order valence-electron chi connectivity index (χ2n) is 7.89. The van der Waals surface area contributed by atoms with Crippen molar-refractivity contribution in [3.05, 3.63) is 29.8 Å². The number of rotatable bonds is 11. The smallest absolute Gasteiger partial charge is 0.191 e. The molecule has 1 unspecified atom stereocenters. The van der Waals surface area contributed by atoms with Crippen LogP contribution in [0.4, 0.5) is 0 Å². The molecule has 1 heterocycles.